The van der Waals surface area contributed by atoms with Gasteiger partial charge in [0.25, 0.3) is 0 Å². The molecule has 0 bridgehead atoms. The van der Waals surface area contributed by atoms with Gasteiger partial charge in [-0.2, -0.15) is 5.10 Å². The average molecular weight is 259 g/mol. The molecule has 0 aliphatic heterocycles. The SMILES string of the molecule is CCn1nc(C)cc1CNCC(O)c1ccccc1. The predicted molar refractivity (Wildman–Crippen MR) is 75.7 cm³/mol. The lowest BCUT2D eigenvalue weighted by Crippen LogP contribution is -2.22. The van der Waals surface area contributed by atoms with E-state index in [1.54, 1.807) is 0 Å². The summed E-state index contributed by atoms with van der Waals surface area (Å²) in [6.45, 7) is 6.20. The Morgan fingerprint density at radius 1 is 1.32 bits per heavy atom. The van der Waals surface area contributed by atoms with Gasteiger partial charge in [-0.1, -0.05) is 30.3 Å². The standard InChI is InChI=1S/C15H21N3O/c1-3-18-14(9-12(2)17-18)10-16-11-15(19)13-7-5-4-6-8-13/h4-9,15-16,19H,3,10-11H2,1-2H3. The van der Waals surface area contributed by atoms with Gasteiger partial charge < -0.3 is 10.4 Å². The van der Waals surface area contributed by atoms with Crippen LogP contribution in [-0.2, 0) is 13.1 Å². The molecule has 4 heteroatoms. The number of hydrogen-bond donors (Lipinski definition) is 2. The van der Waals surface area contributed by atoms with Crippen molar-refractivity contribution >= 4 is 0 Å². The first-order chi connectivity index (χ1) is 9.20. The summed E-state index contributed by atoms with van der Waals surface area (Å²) in [5, 5.41) is 17.7. The smallest absolute Gasteiger partial charge is 0.0914 e. The second-order valence-corrected chi connectivity index (χ2v) is 4.65. The van der Waals surface area contributed by atoms with Crippen LogP contribution in [0, 0.1) is 6.92 Å². The van der Waals surface area contributed by atoms with Crippen molar-refractivity contribution in [2.75, 3.05) is 6.54 Å². The van der Waals surface area contributed by atoms with E-state index in [-0.39, 0.29) is 0 Å². The molecular weight excluding hydrogens is 238 g/mol. The van der Waals surface area contributed by atoms with Gasteiger partial charge in [-0.05, 0) is 25.5 Å². The first kappa shape index (κ1) is 13.8. The van der Waals surface area contributed by atoms with Crippen molar-refractivity contribution in [3.8, 4) is 0 Å². The maximum absolute atomic E-state index is 10.0. The van der Waals surface area contributed by atoms with Gasteiger partial charge in [-0.3, -0.25) is 4.68 Å². The van der Waals surface area contributed by atoms with Crippen LogP contribution in [0.25, 0.3) is 0 Å². The van der Waals surface area contributed by atoms with E-state index < -0.39 is 6.10 Å². The Labute approximate surface area is 114 Å². The molecule has 0 saturated heterocycles. The summed E-state index contributed by atoms with van der Waals surface area (Å²) in [4.78, 5) is 0. The molecule has 2 rings (SSSR count). The summed E-state index contributed by atoms with van der Waals surface area (Å²) in [6, 6.07) is 11.8. The van der Waals surface area contributed by atoms with Crippen LogP contribution in [0.4, 0.5) is 0 Å². The molecule has 1 atom stereocenters. The number of hydrogen-bond acceptors (Lipinski definition) is 3. The molecule has 1 aromatic carbocycles. The van der Waals surface area contributed by atoms with Gasteiger partial charge in [0.15, 0.2) is 0 Å². The summed E-state index contributed by atoms with van der Waals surface area (Å²) in [5.41, 5.74) is 3.12. The van der Waals surface area contributed by atoms with Gasteiger partial charge in [-0.25, -0.2) is 0 Å². The number of nitrogens with one attached hydrogen (secondary N) is 1. The van der Waals surface area contributed by atoms with Crippen LogP contribution in [0.2, 0.25) is 0 Å². The van der Waals surface area contributed by atoms with Gasteiger partial charge in [-0.15, -0.1) is 0 Å². The second-order valence-electron chi connectivity index (χ2n) is 4.65. The highest BCUT2D eigenvalue weighted by Crippen LogP contribution is 2.11. The molecule has 0 radical (unpaired) electrons. The monoisotopic (exact) mass is 259 g/mol. The van der Waals surface area contributed by atoms with Crippen molar-refractivity contribution in [3.63, 3.8) is 0 Å². The normalized spacial score (nSPS) is 12.6. The fourth-order valence-electron chi connectivity index (χ4n) is 2.15. The minimum atomic E-state index is -0.472. The average Bonchev–Trinajstić information content (AvgIpc) is 2.80. The van der Waals surface area contributed by atoms with E-state index in [0.717, 1.165) is 30.0 Å². The summed E-state index contributed by atoms with van der Waals surface area (Å²) >= 11 is 0. The fraction of sp³-hybridized carbons (Fsp3) is 0.400. The summed E-state index contributed by atoms with van der Waals surface area (Å²) in [7, 11) is 0. The zero-order chi connectivity index (χ0) is 13.7. The van der Waals surface area contributed by atoms with E-state index in [2.05, 4.69) is 23.4 Å². The van der Waals surface area contributed by atoms with Crippen LogP contribution in [0.1, 0.15) is 30.0 Å². The van der Waals surface area contributed by atoms with Crippen LogP contribution in [0.3, 0.4) is 0 Å². The third-order valence-electron chi connectivity index (χ3n) is 3.11. The van der Waals surface area contributed by atoms with Crippen molar-refractivity contribution in [2.45, 2.75) is 33.0 Å². The number of rotatable bonds is 6. The lowest BCUT2D eigenvalue weighted by Gasteiger charge is -2.12. The molecule has 102 valence electrons. The molecule has 2 aromatic rings. The third-order valence-corrected chi connectivity index (χ3v) is 3.11. The van der Waals surface area contributed by atoms with Gasteiger partial charge in [0, 0.05) is 19.6 Å². The Morgan fingerprint density at radius 2 is 2.05 bits per heavy atom. The van der Waals surface area contributed by atoms with Crippen molar-refractivity contribution < 1.29 is 5.11 Å². The van der Waals surface area contributed by atoms with Crippen LogP contribution in [0.5, 0.6) is 0 Å². The van der Waals surface area contributed by atoms with Gasteiger partial charge in [0.1, 0.15) is 0 Å². The van der Waals surface area contributed by atoms with E-state index >= 15 is 0 Å². The van der Waals surface area contributed by atoms with Crippen LogP contribution in [0.15, 0.2) is 36.4 Å². The molecule has 0 saturated carbocycles. The Hall–Kier alpha value is -1.65. The Kier molecular flexibility index (Phi) is 4.71. The van der Waals surface area contributed by atoms with E-state index in [1.165, 1.54) is 0 Å². The van der Waals surface area contributed by atoms with E-state index in [4.69, 9.17) is 0 Å². The molecule has 4 nitrogen and oxygen atoms in total. The lowest BCUT2D eigenvalue weighted by atomic mass is 10.1. The Bertz CT molecular complexity index is 507. The topological polar surface area (TPSA) is 50.1 Å². The number of aromatic nitrogens is 2. The maximum Gasteiger partial charge on any atom is 0.0914 e. The number of benzene rings is 1. The molecule has 0 aliphatic rings. The van der Waals surface area contributed by atoms with E-state index in [1.807, 2.05) is 41.9 Å². The quantitative estimate of drug-likeness (QED) is 0.834. The van der Waals surface area contributed by atoms with Gasteiger partial charge in [0.2, 0.25) is 0 Å². The van der Waals surface area contributed by atoms with Crippen molar-refractivity contribution in [2.24, 2.45) is 0 Å². The first-order valence-electron chi connectivity index (χ1n) is 6.67. The number of aryl methyl sites for hydroxylation is 2. The summed E-state index contributed by atoms with van der Waals surface area (Å²) < 4.78 is 1.98. The molecule has 0 fully saturated rings. The highest BCUT2D eigenvalue weighted by Gasteiger charge is 2.08. The number of nitrogens with zero attached hydrogens (tertiary/aromatic N) is 2. The largest absolute Gasteiger partial charge is 0.387 e. The number of aliphatic hydroxyl groups is 1. The summed E-state index contributed by atoms with van der Waals surface area (Å²) in [6.07, 6.45) is -0.472. The third kappa shape index (κ3) is 3.66. The van der Waals surface area contributed by atoms with Crippen molar-refractivity contribution in [1.82, 2.24) is 15.1 Å². The van der Waals surface area contributed by atoms with Gasteiger partial charge in [0.05, 0.1) is 17.5 Å². The molecule has 0 aliphatic carbocycles. The molecule has 1 unspecified atom stereocenters. The first-order valence-corrected chi connectivity index (χ1v) is 6.67. The Balaban J connectivity index is 1.86. The summed E-state index contributed by atoms with van der Waals surface area (Å²) in [5.74, 6) is 0. The second kappa shape index (κ2) is 6.50. The van der Waals surface area contributed by atoms with Crippen LogP contribution >= 0.6 is 0 Å². The zero-order valence-electron chi connectivity index (χ0n) is 11.5. The van der Waals surface area contributed by atoms with Crippen molar-refractivity contribution in [1.29, 1.82) is 0 Å². The maximum atomic E-state index is 10.0. The van der Waals surface area contributed by atoms with Crippen molar-refractivity contribution in [3.05, 3.63) is 53.3 Å². The minimum Gasteiger partial charge on any atom is -0.387 e. The van der Waals surface area contributed by atoms with E-state index in [0.29, 0.717) is 6.54 Å². The molecule has 1 heterocycles. The number of aliphatic hydroxyl groups excluding tert-OH is 1. The minimum absolute atomic E-state index is 0.472. The molecule has 2 N–H and O–H groups in total. The highest BCUT2D eigenvalue weighted by atomic mass is 16.3. The predicted octanol–water partition coefficient (Wildman–Crippen LogP) is 2.03. The van der Waals surface area contributed by atoms with Gasteiger partial charge >= 0.3 is 0 Å². The molecule has 19 heavy (non-hydrogen) atoms. The van der Waals surface area contributed by atoms with Crippen LogP contribution in [-0.4, -0.2) is 21.4 Å². The molecule has 0 amide bonds. The fourth-order valence-corrected chi connectivity index (χ4v) is 2.15. The Morgan fingerprint density at radius 3 is 2.74 bits per heavy atom. The molecule has 1 aromatic heterocycles. The lowest BCUT2D eigenvalue weighted by molar-refractivity contribution is 0.174. The highest BCUT2D eigenvalue weighted by molar-refractivity contribution is 5.17. The molecule has 0 spiro atoms. The van der Waals surface area contributed by atoms with E-state index in [9.17, 15) is 5.11 Å². The molecular formula is C15H21N3O. The van der Waals surface area contributed by atoms with Crippen LogP contribution < -0.4 is 5.32 Å². The zero-order valence-corrected chi connectivity index (χ0v) is 11.5.